The van der Waals surface area contributed by atoms with Crippen LogP contribution in [0.25, 0.3) is 0 Å². The van der Waals surface area contributed by atoms with E-state index in [9.17, 15) is 9.90 Å². The number of nitrogens with zero attached hydrogens (tertiary/aromatic N) is 1. The number of rotatable bonds is 34. The van der Waals surface area contributed by atoms with Gasteiger partial charge in [0.2, 0.25) is 0 Å². The molecule has 0 spiro atoms. The third-order valence-electron chi connectivity index (χ3n) is 9.62. The molecule has 46 heavy (non-hydrogen) atoms. The second-order valence-corrected chi connectivity index (χ2v) is 14.3. The number of aldehydes is 1. The molecule has 0 aromatic rings. The maximum absolute atomic E-state index is 10.8. The van der Waals surface area contributed by atoms with Gasteiger partial charge < -0.3 is 29.0 Å². The number of allylic oxidation sites excluding steroid dienone is 1. The van der Waals surface area contributed by atoms with Crippen molar-refractivity contribution in [2.45, 2.75) is 192 Å². The van der Waals surface area contributed by atoms with E-state index in [0.29, 0.717) is 19.6 Å². The summed E-state index contributed by atoms with van der Waals surface area (Å²) in [6.07, 6.45) is 36.4. The molecular weight excluding hydrogens is 574 g/mol. The minimum atomic E-state index is -0.631. The summed E-state index contributed by atoms with van der Waals surface area (Å²) in [6.45, 7) is 5.36. The van der Waals surface area contributed by atoms with Crippen LogP contribution in [0.1, 0.15) is 180 Å². The molecular formula is C40H77NO5. The molecule has 0 bridgehead atoms. The molecule has 0 aromatic carbocycles. The van der Waals surface area contributed by atoms with E-state index in [1.807, 2.05) is 0 Å². The van der Waals surface area contributed by atoms with Crippen LogP contribution >= 0.6 is 0 Å². The van der Waals surface area contributed by atoms with E-state index in [1.54, 1.807) is 0 Å². The molecule has 1 N–H and O–H groups in total. The minimum Gasteiger partial charge on any atom is -0.368 e. The van der Waals surface area contributed by atoms with Crippen molar-refractivity contribution in [3.63, 3.8) is 0 Å². The zero-order valence-electron chi connectivity index (χ0n) is 30.8. The summed E-state index contributed by atoms with van der Waals surface area (Å²) in [7, 11) is 4.16. The Balaban J connectivity index is 2.19. The molecule has 0 aromatic heterocycles. The lowest BCUT2D eigenvalue weighted by molar-refractivity contribution is -0.247. The number of carbonyl (C=O) groups is 1. The van der Waals surface area contributed by atoms with E-state index in [0.717, 1.165) is 70.8 Å². The lowest BCUT2D eigenvalue weighted by Gasteiger charge is -2.36. The number of aliphatic hydroxyl groups excluding tert-OH is 1. The summed E-state index contributed by atoms with van der Waals surface area (Å²) in [5.41, 5.74) is 0. The van der Waals surface area contributed by atoms with Gasteiger partial charge in [-0.3, -0.25) is 0 Å². The average Bonchev–Trinajstić information content (AvgIpc) is 3.05. The molecule has 1 aliphatic carbocycles. The molecule has 6 nitrogen and oxygen atoms in total. The fraction of sp³-hybridized carbons (Fsp3) is 0.925. The first-order chi connectivity index (χ1) is 22.5. The minimum absolute atomic E-state index is 0.250. The number of hydrogen-bond donors (Lipinski definition) is 1. The molecule has 1 saturated carbocycles. The molecule has 1 rings (SSSR count). The van der Waals surface area contributed by atoms with Gasteiger partial charge in [0, 0.05) is 25.2 Å². The third kappa shape index (κ3) is 25.3. The monoisotopic (exact) mass is 652 g/mol. The number of aliphatic hydroxyl groups is 1. The predicted octanol–water partition coefficient (Wildman–Crippen LogP) is 10.5. The number of hydrogen-bond acceptors (Lipinski definition) is 6. The van der Waals surface area contributed by atoms with E-state index in [2.05, 4.69) is 38.1 Å². The van der Waals surface area contributed by atoms with Crippen LogP contribution in [0.4, 0.5) is 0 Å². The molecule has 6 heteroatoms. The highest BCUT2D eigenvalue weighted by Crippen LogP contribution is 2.33. The average molecular weight is 652 g/mol. The highest BCUT2D eigenvalue weighted by molar-refractivity contribution is 5.48. The van der Waals surface area contributed by atoms with Crippen molar-refractivity contribution < 1.29 is 24.1 Å². The van der Waals surface area contributed by atoms with Gasteiger partial charge in [0.15, 0.2) is 12.1 Å². The largest absolute Gasteiger partial charge is 0.368 e. The normalized spacial score (nSPS) is 16.4. The first-order valence-corrected chi connectivity index (χ1v) is 19.8. The first-order valence-electron chi connectivity index (χ1n) is 19.8. The Kier molecular flexibility index (Phi) is 29.6. The molecule has 272 valence electrons. The Labute approximate surface area is 285 Å². The SMILES string of the molecule is CCCC/C=C\COC1(OCCCCCCCCCCC(CCCCCCCCCC=O)C(O)OCCCN(C)C)CCCCC1. The second kappa shape index (κ2) is 31.5. The lowest BCUT2D eigenvalue weighted by atomic mass is 9.93. The number of ether oxygens (including phenoxy) is 3. The predicted molar refractivity (Wildman–Crippen MR) is 194 cm³/mol. The number of unbranched alkanes of at least 4 members (excludes halogenated alkanes) is 16. The molecule has 0 saturated heterocycles. The van der Waals surface area contributed by atoms with Crippen molar-refractivity contribution in [3.05, 3.63) is 12.2 Å². The van der Waals surface area contributed by atoms with Gasteiger partial charge in [0.1, 0.15) is 6.29 Å². The molecule has 2 atom stereocenters. The molecule has 0 heterocycles. The Hall–Kier alpha value is -0.790. The zero-order chi connectivity index (χ0) is 33.4. The van der Waals surface area contributed by atoms with Crippen molar-refractivity contribution >= 4 is 6.29 Å². The standard InChI is InChI=1S/C40H77NO5/c1-4-5-6-18-26-36-45-40(31-23-20-24-32-40)46-37-27-19-14-10-8-12-16-22-30-38(39(43)44-35-28-33-41(2)3)29-21-15-11-7-9-13-17-25-34-42/h18,26,34,38-39,43H,4-17,19-25,27-33,35-37H2,1-3H3/b26-18-. The fourth-order valence-electron chi connectivity index (χ4n) is 6.62. The van der Waals surface area contributed by atoms with Gasteiger partial charge in [0.05, 0.1) is 19.8 Å². The van der Waals surface area contributed by atoms with Crippen LogP contribution in [0, 0.1) is 5.92 Å². The zero-order valence-corrected chi connectivity index (χ0v) is 30.8. The van der Waals surface area contributed by atoms with Crippen LogP contribution in [-0.4, -0.2) is 68.8 Å². The quantitative estimate of drug-likeness (QED) is 0.0323. The maximum Gasteiger partial charge on any atom is 0.168 e. The van der Waals surface area contributed by atoms with Crippen LogP contribution in [-0.2, 0) is 19.0 Å². The molecule has 1 fully saturated rings. The Morgan fingerprint density at radius 3 is 1.85 bits per heavy atom. The van der Waals surface area contributed by atoms with Crippen LogP contribution in [0.3, 0.4) is 0 Å². The molecule has 1 aliphatic rings. The molecule has 0 radical (unpaired) electrons. The molecule has 2 unspecified atom stereocenters. The summed E-state index contributed by atoms with van der Waals surface area (Å²) in [5.74, 6) is -0.0886. The van der Waals surface area contributed by atoms with Crippen molar-refractivity contribution in [1.82, 2.24) is 4.90 Å². The van der Waals surface area contributed by atoms with Crippen molar-refractivity contribution in [2.75, 3.05) is 40.5 Å². The van der Waals surface area contributed by atoms with Gasteiger partial charge in [-0.2, -0.15) is 0 Å². The highest BCUT2D eigenvalue weighted by atomic mass is 16.7. The highest BCUT2D eigenvalue weighted by Gasteiger charge is 2.33. The van der Waals surface area contributed by atoms with E-state index < -0.39 is 6.29 Å². The Morgan fingerprint density at radius 1 is 0.674 bits per heavy atom. The summed E-state index contributed by atoms with van der Waals surface area (Å²) in [6, 6.07) is 0. The second-order valence-electron chi connectivity index (χ2n) is 14.3. The Bertz CT molecular complexity index is 679. The van der Waals surface area contributed by atoms with E-state index >= 15 is 0 Å². The maximum atomic E-state index is 10.8. The van der Waals surface area contributed by atoms with Gasteiger partial charge >= 0.3 is 0 Å². The molecule has 0 aliphatic heterocycles. The van der Waals surface area contributed by atoms with Crippen LogP contribution < -0.4 is 0 Å². The van der Waals surface area contributed by atoms with Crippen molar-refractivity contribution in [1.29, 1.82) is 0 Å². The van der Waals surface area contributed by atoms with Gasteiger partial charge in [-0.25, -0.2) is 0 Å². The van der Waals surface area contributed by atoms with E-state index in [-0.39, 0.29) is 11.7 Å². The Morgan fingerprint density at radius 2 is 1.26 bits per heavy atom. The topological polar surface area (TPSA) is 68.2 Å². The first kappa shape index (κ1) is 43.2. The van der Waals surface area contributed by atoms with E-state index in [1.165, 1.54) is 116 Å². The van der Waals surface area contributed by atoms with Crippen LogP contribution in [0.15, 0.2) is 12.2 Å². The summed E-state index contributed by atoms with van der Waals surface area (Å²) in [5, 5.41) is 10.8. The van der Waals surface area contributed by atoms with Gasteiger partial charge in [-0.05, 0) is 72.0 Å². The molecule has 0 amide bonds. The van der Waals surface area contributed by atoms with E-state index in [4.69, 9.17) is 14.2 Å². The summed E-state index contributed by atoms with van der Waals surface area (Å²) in [4.78, 5) is 12.6. The summed E-state index contributed by atoms with van der Waals surface area (Å²) < 4.78 is 18.6. The van der Waals surface area contributed by atoms with Gasteiger partial charge in [0.25, 0.3) is 0 Å². The smallest absolute Gasteiger partial charge is 0.168 e. The third-order valence-corrected chi connectivity index (χ3v) is 9.62. The number of carbonyl (C=O) groups excluding carboxylic acids is 1. The van der Waals surface area contributed by atoms with Crippen molar-refractivity contribution in [2.24, 2.45) is 5.92 Å². The van der Waals surface area contributed by atoms with Crippen LogP contribution in [0.2, 0.25) is 0 Å². The lowest BCUT2D eigenvalue weighted by Crippen LogP contribution is -2.38. The van der Waals surface area contributed by atoms with Crippen LogP contribution in [0.5, 0.6) is 0 Å². The van der Waals surface area contributed by atoms with Crippen molar-refractivity contribution in [3.8, 4) is 0 Å². The van der Waals surface area contributed by atoms with Gasteiger partial charge in [-0.1, -0.05) is 122 Å². The fourth-order valence-corrected chi connectivity index (χ4v) is 6.62. The van der Waals surface area contributed by atoms with Gasteiger partial charge in [-0.15, -0.1) is 0 Å². The summed E-state index contributed by atoms with van der Waals surface area (Å²) >= 11 is 0.